The molecule has 2 atom stereocenters. The van der Waals surface area contributed by atoms with E-state index in [0.717, 1.165) is 18.7 Å². The monoisotopic (exact) mass is 625 g/mol. The van der Waals surface area contributed by atoms with Crippen molar-refractivity contribution in [2.75, 3.05) is 23.3 Å². The molecule has 2 unspecified atom stereocenters. The van der Waals surface area contributed by atoms with Crippen LogP contribution in [0.25, 0.3) is 6.08 Å². The Morgan fingerprint density at radius 3 is 2.19 bits per heavy atom. The average Bonchev–Trinajstić information content (AvgIpc) is 2.91. The lowest BCUT2D eigenvalue weighted by atomic mass is 10.1. The van der Waals surface area contributed by atoms with Crippen molar-refractivity contribution in [3.63, 3.8) is 0 Å². The third kappa shape index (κ3) is 9.33. The fourth-order valence-corrected chi connectivity index (χ4v) is 4.49. The van der Waals surface area contributed by atoms with Gasteiger partial charge in [0.15, 0.2) is 0 Å². The van der Waals surface area contributed by atoms with E-state index < -0.39 is 12.1 Å². The molecule has 1 fully saturated rings. The minimum atomic E-state index is -5.08. The smallest absolute Gasteiger partial charge is 0.475 e. The lowest BCUT2D eigenvalue weighted by Gasteiger charge is -2.37. The summed E-state index contributed by atoms with van der Waals surface area (Å²) in [7, 11) is 0. The molecule has 1 saturated heterocycles. The molecule has 1 aliphatic heterocycles. The molecule has 14 heteroatoms. The molecule has 0 saturated carbocycles. The van der Waals surface area contributed by atoms with Crippen LogP contribution in [0.5, 0.6) is 0 Å². The Morgan fingerprint density at radius 2 is 1.64 bits per heavy atom. The number of piperazine rings is 1. The Balaban J connectivity index is 0.000000616. The molecule has 3 aromatic rings. The number of anilines is 2. The minimum Gasteiger partial charge on any atom is -0.475 e. The first-order valence-corrected chi connectivity index (χ1v) is 13.4. The van der Waals surface area contributed by atoms with E-state index in [4.69, 9.17) is 33.1 Å². The zero-order valence-corrected chi connectivity index (χ0v) is 24.0. The summed E-state index contributed by atoms with van der Waals surface area (Å²) in [4.78, 5) is 36.1. The molecule has 0 aliphatic carbocycles. The zero-order valence-electron chi connectivity index (χ0n) is 22.5. The second-order valence-corrected chi connectivity index (χ2v) is 10.3. The van der Waals surface area contributed by atoms with Gasteiger partial charge in [0.05, 0.1) is 18.4 Å². The van der Waals surface area contributed by atoms with Crippen LogP contribution in [0.15, 0.2) is 65.6 Å². The molecule has 3 N–H and O–H groups in total. The van der Waals surface area contributed by atoms with Crippen LogP contribution < -0.4 is 21.1 Å². The molecule has 1 aromatic heterocycles. The van der Waals surface area contributed by atoms with Crippen LogP contribution in [0.4, 0.5) is 24.5 Å². The number of aromatic nitrogens is 2. The summed E-state index contributed by atoms with van der Waals surface area (Å²) in [5, 5.41) is 18.5. The van der Waals surface area contributed by atoms with Gasteiger partial charge < -0.3 is 20.6 Å². The van der Waals surface area contributed by atoms with Crippen LogP contribution in [0, 0.1) is 0 Å². The van der Waals surface area contributed by atoms with Crippen molar-refractivity contribution in [2.24, 2.45) is 0 Å². The summed E-state index contributed by atoms with van der Waals surface area (Å²) in [6.45, 7) is 6.05. The van der Waals surface area contributed by atoms with Gasteiger partial charge in [-0.2, -0.15) is 18.3 Å². The largest absolute Gasteiger partial charge is 0.490 e. The number of allylic oxidation sites excluding steroid dienone is 1. The minimum absolute atomic E-state index is 0.190. The van der Waals surface area contributed by atoms with Crippen LogP contribution >= 0.6 is 23.2 Å². The standard InChI is InChI=1S/C26H27Cl2N5O2.C2HF3O2/c1-17-15-32(16-18(2)30-17)23-14-29-33(26(35)24(23)28)13-3-4-19-5-11-22(12-6-19)31-25(34)20-7-9-21(27)10-8-20;3-2(4,5)1(6)7/h3-12,14,17-18,30H,13,15-16H2,1-2H3,(H,31,34);(H,6,7)/b4-3+;. The number of carbonyl (C=O) groups excluding carboxylic acids is 1. The van der Waals surface area contributed by atoms with Crippen LogP contribution in [0.1, 0.15) is 29.8 Å². The van der Waals surface area contributed by atoms with Crippen molar-refractivity contribution in [2.45, 2.75) is 38.7 Å². The van der Waals surface area contributed by atoms with Gasteiger partial charge in [0.25, 0.3) is 11.5 Å². The predicted octanol–water partition coefficient (Wildman–Crippen LogP) is 5.34. The van der Waals surface area contributed by atoms with Crippen LogP contribution in [-0.2, 0) is 11.3 Å². The molecule has 0 spiro atoms. The van der Waals surface area contributed by atoms with E-state index in [1.54, 1.807) is 30.5 Å². The Labute approximate surface area is 249 Å². The van der Waals surface area contributed by atoms with E-state index in [1.165, 1.54) is 4.68 Å². The van der Waals surface area contributed by atoms with Crippen LogP contribution in [-0.4, -0.2) is 58.1 Å². The highest BCUT2D eigenvalue weighted by molar-refractivity contribution is 6.33. The summed E-state index contributed by atoms with van der Waals surface area (Å²) < 4.78 is 33.1. The normalized spacial score (nSPS) is 17.0. The summed E-state index contributed by atoms with van der Waals surface area (Å²) in [6, 6.07) is 14.7. The molecule has 1 aliphatic rings. The van der Waals surface area contributed by atoms with Gasteiger partial charge in [0, 0.05) is 41.4 Å². The summed E-state index contributed by atoms with van der Waals surface area (Å²) in [6.07, 6.45) is 0.321. The number of nitrogens with one attached hydrogen (secondary N) is 2. The molecule has 224 valence electrons. The number of halogens is 5. The average molecular weight is 626 g/mol. The molecule has 42 heavy (non-hydrogen) atoms. The van der Waals surface area contributed by atoms with Crippen LogP contribution in [0.2, 0.25) is 10.0 Å². The number of amides is 1. The Hall–Kier alpha value is -3.87. The number of rotatable bonds is 6. The number of aliphatic carboxylic acids is 1. The van der Waals surface area contributed by atoms with Gasteiger partial charge in [-0.05, 0) is 55.8 Å². The van der Waals surface area contributed by atoms with Gasteiger partial charge in [-0.1, -0.05) is 47.5 Å². The third-order valence-electron chi connectivity index (χ3n) is 5.97. The van der Waals surface area contributed by atoms with Gasteiger partial charge in [0.2, 0.25) is 0 Å². The first-order chi connectivity index (χ1) is 19.7. The Kier molecular flexibility index (Phi) is 11.1. The SMILES string of the molecule is CC1CN(c2cnn(C/C=C/c3ccc(NC(=O)c4ccc(Cl)cc4)cc3)c(=O)c2Cl)CC(C)N1.O=C(O)C(F)(F)F. The van der Waals surface area contributed by atoms with Crippen LogP contribution in [0.3, 0.4) is 0 Å². The summed E-state index contributed by atoms with van der Waals surface area (Å²) >= 11 is 12.3. The molecule has 1 amide bonds. The lowest BCUT2D eigenvalue weighted by molar-refractivity contribution is -0.192. The van der Waals surface area contributed by atoms with Crippen molar-refractivity contribution < 1.29 is 27.9 Å². The predicted molar refractivity (Wildman–Crippen MR) is 156 cm³/mol. The number of carbonyl (C=O) groups is 2. The second kappa shape index (κ2) is 14.3. The van der Waals surface area contributed by atoms with Gasteiger partial charge in [-0.15, -0.1) is 0 Å². The fraction of sp³-hybridized carbons (Fsp3) is 0.286. The highest BCUT2D eigenvalue weighted by atomic mass is 35.5. The van der Waals surface area contributed by atoms with Gasteiger partial charge in [-0.3, -0.25) is 9.59 Å². The van der Waals surface area contributed by atoms with Crippen molar-refractivity contribution >= 4 is 52.5 Å². The number of nitrogens with zero attached hydrogens (tertiary/aromatic N) is 3. The molecule has 2 aromatic carbocycles. The maximum absolute atomic E-state index is 12.8. The molecule has 4 rings (SSSR count). The van der Waals surface area contributed by atoms with Gasteiger partial charge in [-0.25, -0.2) is 9.48 Å². The number of carboxylic acid groups (broad SMARTS) is 1. The molecule has 9 nitrogen and oxygen atoms in total. The van der Waals surface area contributed by atoms with Crippen molar-refractivity contribution in [3.8, 4) is 0 Å². The van der Waals surface area contributed by atoms with Crippen molar-refractivity contribution in [1.82, 2.24) is 15.1 Å². The molecular formula is C28H28Cl2F3N5O4. The Morgan fingerprint density at radius 1 is 1.07 bits per heavy atom. The van der Waals surface area contributed by atoms with E-state index in [9.17, 15) is 22.8 Å². The zero-order chi connectivity index (χ0) is 31.0. The summed E-state index contributed by atoms with van der Waals surface area (Å²) in [5.41, 5.74) is 2.50. The summed E-state index contributed by atoms with van der Waals surface area (Å²) in [5.74, 6) is -2.96. The second-order valence-electron chi connectivity index (χ2n) is 9.49. The molecule has 0 radical (unpaired) electrons. The lowest BCUT2D eigenvalue weighted by Crippen LogP contribution is -2.54. The fourth-order valence-electron chi connectivity index (χ4n) is 4.10. The number of alkyl halides is 3. The molecule has 2 heterocycles. The number of hydrogen-bond acceptors (Lipinski definition) is 6. The number of benzene rings is 2. The Bertz CT molecular complexity index is 1470. The van der Waals surface area contributed by atoms with E-state index in [2.05, 4.69) is 34.5 Å². The van der Waals surface area contributed by atoms with Gasteiger partial charge >= 0.3 is 12.1 Å². The maximum Gasteiger partial charge on any atom is 0.490 e. The van der Waals surface area contributed by atoms with Gasteiger partial charge in [0.1, 0.15) is 5.02 Å². The van der Waals surface area contributed by atoms with E-state index >= 15 is 0 Å². The van der Waals surface area contributed by atoms with E-state index in [0.29, 0.717) is 40.6 Å². The maximum atomic E-state index is 12.8. The first kappa shape index (κ1) is 32.6. The highest BCUT2D eigenvalue weighted by Crippen LogP contribution is 2.23. The van der Waals surface area contributed by atoms with Crippen molar-refractivity contribution in [1.29, 1.82) is 0 Å². The third-order valence-corrected chi connectivity index (χ3v) is 6.58. The number of hydrogen-bond donors (Lipinski definition) is 3. The first-order valence-electron chi connectivity index (χ1n) is 12.6. The van der Waals surface area contributed by atoms with E-state index in [-0.39, 0.29) is 16.5 Å². The topological polar surface area (TPSA) is 117 Å². The number of carboxylic acids is 1. The quantitative estimate of drug-likeness (QED) is 0.339. The van der Waals surface area contributed by atoms with Crippen molar-refractivity contribution in [3.05, 3.63) is 92.3 Å². The molecular weight excluding hydrogens is 598 g/mol. The van der Waals surface area contributed by atoms with E-state index in [1.807, 2.05) is 36.4 Å². The highest BCUT2D eigenvalue weighted by Gasteiger charge is 2.38. The molecule has 0 bridgehead atoms.